The van der Waals surface area contributed by atoms with E-state index < -0.39 is 12.6 Å². The first-order chi connectivity index (χ1) is 12.6. The van der Waals surface area contributed by atoms with E-state index in [2.05, 4.69) is 0 Å². The molecule has 1 amide bonds. The average molecular weight is 361 g/mol. The van der Waals surface area contributed by atoms with Gasteiger partial charge in [-0.3, -0.25) is 4.79 Å². The quantitative estimate of drug-likeness (QED) is 0.806. The van der Waals surface area contributed by atoms with Gasteiger partial charge in [0.1, 0.15) is 0 Å². The Hall–Kier alpha value is -2.24. The van der Waals surface area contributed by atoms with Gasteiger partial charge in [-0.15, -0.1) is 0 Å². The first kappa shape index (κ1) is 18.5. The molecular weight excluding hydrogens is 334 g/mol. The van der Waals surface area contributed by atoms with Crippen molar-refractivity contribution >= 4 is 11.9 Å². The molecular formula is C20H27NO5. The summed E-state index contributed by atoms with van der Waals surface area (Å²) in [6, 6.07) is 5.35. The van der Waals surface area contributed by atoms with Crippen molar-refractivity contribution in [3.8, 4) is 11.5 Å². The summed E-state index contributed by atoms with van der Waals surface area (Å²) in [6.45, 7) is 2.62. The van der Waals surface area contributed by atoms with Crippen molar-refractivity contribution in [2.75, 3.05) is 19.8 Å². The number of carboxylic acids is 1. The summed E-state index contributed by atoms with van der Waals surface area (Å²) >= 11 is 0. The lowest BCUT2D eigenvalue weighted by Crippen LogP contribution is -2.39. The number of rotatable bonds is 7. The topological polar surface area (TPSA) is 76.1 Å². The van der Waals surface area contributed by atoms with E-state index in [0.717, 1.165) is 19.4 Å². The third kappa shape index (κ3) is 4.11. The van der Waals surface area contributed by atoms with E-state index in [9.17, 15) is 9.59 Å². The van der Waals surface area contributed by atoms with Crippen LogP contribution in [0.2, 0.25) is 0 Å². The van der Waals surface area contributed by atoms with Crippen LogP contribution in [0.3, 0.4) is 0 Å². The number of carbonyl (C=O) groups is 2. The van der Waals surface area contributed by atoms with Gasteiger partial charge in [-0.1, -0.05) is 12.8 Å². The number of aliphatic carboxylic acids is 1. The summed E-state index contributed by atoms with van der Waals surface area (Å²) in [5, 5.41) is 8.79. The van der Waals surface area contributed by atoms with Crippen molar-refractivity contribution in [2.24, 2.45) is 5.92 Å². The number of benzene rings is 1. The molecule has 6 nitrogen and oxygen atoms in total. The summed E-state index contributed by atoms with van der Waals surface area (Å²) in [4.78, 5) is 25.8. The summed E-state index contributed by atoms with van der Waals surface area (Å²) in [5.41, 5.74) is 0.570. The minimum Gasteiger partial charge on any atom is -0.490 e. The van der Waals surface area contributed by atoms with Crippen molar-refractivity contribution in [2.45, 2.75) is 51.5 Å². The monoisotopic (exact) mass is 361 g/mol. The number of hydrogen-bond acceptors (Lipinski definition) is 4. The van der Waals surface area contributed by atoms with Crippen LogP contribution in [-0.2, 0) is 4.79 Å². The van der Waals surface area contributed by atoms with Crippen molar-refractivity contribution in [1.29, 1.82) is 0 Å². The van der Waals surface area contributed by atoms with Crippen LogP contribution in [0.15, 0.2) is 18.2 Å². The normalized spacial score (nSPS) is 20.3. The van der Waals surface area contributed by atoms with Crippen molar-refractivity contribution < 1.29 is 24.2 Å². The largest absolute Gasteiger partial charge is 0.490 e. The lowest BCUT2D eigenvalue weighted by Gasteiger charge is -2.29. The maximum absolute atomic E-state index is 13.1. The van der Waals surface area contributed by atoms with Crippen LogP contribution in [0.1, 0.15) is 55.8 Å². The molecule has 1 heterocycles. The van der Waals surface area contributed by atoms with E-state index in [-0.39, 0.29) is 5.91 Å². The second-order valence-electron chi connectivity index (χ2n) is 7.03. The molecule has 0 spiro atoms. The standard InChI is InChI=1S/C20H27NO5/c1-2-25-18-12-15(9-10-17(18)26-13-19(22)23)20(24)21-11-5-8-16(21)14-6-3-4-7-14/h9-10,12,14,16H,2-8,11,13H2,1H3,(H,22,23)/t16-/m1/s1. The molecule has 26 heavy (non-hydrogen) atoms. The molecule has 0 unspecified atom stereocenters. The van der Waals surface area contributed by atoms with Gasteiger partial charge in [-0.05, 0) is 56.7 Å². The summed E-state index contributed by atoms with van der Waals surface area (Å²) < 4.78 is 10.8. The van der Waals surface area contributed by atoms with E-state index in [4.69, 9.17) is 14.6 Å². The van der Waals surface area contributed by atoms with Crippen LogP contribution >= 0.6 is 0 Å². The van der Waals surface area contributed by atoms with Gasteiger partial charge in [0.25, 0.3) is 5.91 Å². The molecule has 2 aliphatic rings. The van der Waals surface area contributed by atoms with Gasteiger partial charge in [0.15, 0.2) is 18.1 Å². The highest BCUT2D eigenvalue weighted by atomic mass is 16.5. The minimum atomic E-state index is -1.05. The molecule has 6 heteroatoms. The molecule has 1 atom stereocenters. The van der Waals surface area contributed by atoms with E-state index >= 15 is 0 Å². The Kier molecular flexibility index (Phi) is 6.01. The molecule has 1 saturated heterocycles. The second-order valence-corrected chi connectivity index (χ2v) is 7.03. The molecule has 1 N–H and O–H groups in total. The Morgan fingerprint density at radius 2 is 1.88 bits per heavy atom. The van der Waals surface area contributed by atoms with E-state index in [1.807, 2.05) is 11.8 Å². The van der Waals surface area contributed by atoms with Gasteiger partial charge in [0, 0.05) is 18.2 Å². The summed E-state index contributed by atoms with van der Waals surface area (Å²) in [7, 11) is 0. The van der Waals surface area contributed by atoms with Crippen LogP contribution < -0.4 is 9.47 Å². The molecule has 1 aliphatic heterocycles. The Morgan fingerprint density at radius 3 is 2.58 bits per heavy atom. The zero-order valence-corrected chi connectivity index (χ0v) is 15.3. The van der Waals surface area contributed by atoms with Crippen molar-refractivity contribution in [3.63, 3.8) is 0 Å². The molecule has 3 rings (SSSR count). The number of carbonyl (C=O) groups excluding carboxylic acids is 1. The van der Waals surface area contributed by atoms with E-state index in [1.54, 1.807) is 18.2 Å². The van der Waals surface area contributed by atoms with Crippen molar-refractivity contribution in [3.05, 3.63) is 23.8 Å². The maximum Gasteiger partial charge on any atom is 0.341 e. The Labute approximate surface area is 154 Å². The van der Waals surface area contributed by atoms with Gasteiger partial charge < -0.3 is 19.5 Å². The zero-order chi connectivity index (χ0) is 18.5. The number of carboxylic acid groups (broad SMARTS) is 1. The van der Waals surface area contributed by atoms with Gasteiger partial charge in [-0.2, -0.15) is 0 Å². The van der Waals surface area contributed by atoms with Crippen LogP contribution in [-0.4, -0.2) is 47.7 Å². The minimum absolute atomic E-state index is 0.0325. The fourth-order valence-corrected chi connectivity index (χ4v) is 4.21. The zero-order valence-electron chi connectivity index (χ0n) is 15.3. The molecule has 142 valence electrons. The molecule has 2 fully saturated rings. The fraction of sp³-hybridized carbons (Fsp3) is 0.600. The highest BCUT2D eigenvalue weighted by molar-refractivity contribution is 5.95. The molecule has 0 aromatic heterocycles. The third-order valence-electron chi connectivity index (χ3n) is 5.35. The Balaban J connectivity index is 1.77. The molecule has 1 aliphatic carbocycles. The van der Waals surface area contributed by atoms with Gasteiger partial charge >= 0.3 is 5.97 Å². The molecule has 0 radical (unpaired) electrons. The van der Waals surface area contributed by atoms with Crippen LogP contribution in [0, 0.1) is 5.92 Å². The number of amides is 1. The first-order valence-electron chi connectivity index (χ1n) is 9.52. The van der Waals surface area contributed by atoms with Gasteiger partial charge in [-0.25, -0.2) is 4.79 Å². The summed E-state index contributed by atoms with van der Waals surface area (Å²) in [5.74, 6) is 0.371. The van der Waals surface area contributed by atoms with Crippen LogP contribution in [0.5, 0.6) is 11.5 Å². The number of nitrogens with zero attached hydrogens (tertiary/aromatic N) is 1. The molecule has 1 saturated carbocycles. The van der Waals surface area contributed by atoms with Crippen LogP contribution in [0.25, 0.3) is 0 Å². The van der Waals surface area contributed by atoms with Crippen LogP contribution in [0.4, 0.5) is 0 Å². The van der Waals surface area contributed by atoms with Gasteiger partial charge in [0.2, 0.25) is 0 Å². The number of ether oxygens (including phenoxy) is 2. The number of likely N-dealkylation sites (tertiary alicyclic amines) is 1. The Morgan fingerprint density at radius 1 is 1.12 bits per heavy atom. The van der Waals surface area contributed by atoms with Gasteiger partial charge in [0.05, 0.1) is 6.61 Å². The molecule has 0 bridgehead atoms. The molecule has 1 aromatic carbocycles. The van der Waals surface area contributed by atoms with Crippen molar-refractivity contribution in [1.82, 2.24) is 4.90 Å². The molecule has 1 aromatic rings. The second kappa shape index (κ2) is 8.43. The highest BCUT2D eigenvalue weighted by Crippen LogP contribution is 2.37. The highest BCUT2D eigenvalue weighted by Gasteiger charge is 2.36. The fourth-order valence-electron chi connectivity index (χ4n) is 4.21. The Bertz CT molecular complexity index is 654. The predicted molar refractivity (Wildman–Crippen MR) is 96.8 cm³/mol. The third-order valence-corrected chi connectivity index (χ3v) is 5.35. The number of hydrogen-bond donors (Lipinski definition) is 1. The average Bonchev–Trinajstić information content (AvgIpc) is 3.31. The van der Waals surface area contributed by atoms with E-state index in [1.165, 1.54) is 25.7 Å². The lowest BCUT2D eigenvalue weighted by molar-refractivity contribution is -0.139. The smallest absolute Gasteiger partial charge is 0.341 e. The lowest BCUT2D eigenvalue weighted by atomic mass is 9.95. The SMILES string of the molecule is CCOc1cc(C(=O)N2CCC[C@@H]2C2CCCC2)ccc1OCC(=O)O. The van der Waals surface area contributed by atoms with E-state index in [0.29, 0.717) is 35.6 Å². The summed E-state index contributed by atoms with van der Waals surface area (Å²) in [6.07, 6.45) is 7.14. The first-order valence-corrected chi connectivity index (χ1v) is 9.52. The predicted octanol–water partition coefficient (Wildman–Crippen LogP) is 3.34. The maximum atomic E-state index is 13.1.